The highest BCUT2D eigenvalue weighted by atomic mass is 35.5. The summed E-state index contributed by atoms with van der Waals surface area (Å²) in [5.41, 5.74) is 0.0955. The Bertz CT molecular complexity index is 450. The van der Waals surface area contributed by atoms with Crippen molar-refractivity contribution >= 4 is 21.4 Å². The van der Waals surface area contributed by atoms with Crippen LogP contribution in [0.3, 0.4) is 0 Å². The maximum Gasteiger partial charge on any atom is 0.199 e. The van der Waals surface area contributed by atoms with Gasteiger partial charge >= 0.3 is 0 Å². The summed E-state index contributed by atoms with van der Waals surface area (Å²) < 4.78 is 36.6. The van der Waals surface area contributed by atoms with Crippen LogP contribution in [0.15, 0.2) is 11.4 Å². The molecule has 0 aromatic carbocycles. The fourth-order valence-corrected chi connectivity index (χ4v) is 2.65. The Labute approximate surface area is 92.4 Å². The van der Waals surface area contributed by atoms with E-state index in [9.17, 15) is 12.8 Å². The van der Waals surface area contributed by atoms with Crippen molar-refractivity contribution < 1.29 is 12.8 Å². The lowest BCUT2D eigenvalue weighted by atomic mass is 10.3. The van der Waals surface area contributed by atoms with Crippen LogP contribution in [-0.2, 0) is 16.3 Å². The second-order valence-corrected chi connectivity index (χ2v) is 5.20. The van der Waals surface area contributed by atoms with Crippen molar-refractivity contribution in [3.8, 4) is 0 Å². The van der Waals surface area contributed by atoms with Crippen LogP contribution in [0.25, 0.3) is 0 Å². The number of rotatable bonds is 4. The van der Waals surface area contributed by atoms with E-state index in [4.69, 9.17) is 11.6 Å². The molecule has 0 aliphatic carbocycles. The molecule has 0 saturated carbocycles. The Balaban J connectivity index is 3.27. The van der Waals surface area contributed by atoms with Crippen molar-refractivity contribution in [2.45, 2.75) is 18.4 Å². The Morgan fingerprint density at radius 3 is 2.67 bits per heavy atom. The van der Waals surface area contributed by atoms with Crippen LogP contribution in [-0.4, -0.2) is 30.0 Å². The van der Waals surface area contributed by atoms with Crippen molar-refractivity contribution in [3.05, 3.63) is 17.8 Å². The molecule has 1 aromatic rings. The molecule has 0 aliphatic heterocycles. The molecule has 84 valence electrons. The number of halogens is 2. The molecule has 0 N–H and O–H groups in total. The summed E-state index contributed by atoms with van der Waals surface area (Å²) in [7, 11) is -3.73. The Hall–Kier alpha value is -0.750. The highest BCUT2D eigenvalue weighted by Crippen LogP contribution is 2.15. The highest BCUT2D eigenvalue weighted by Gasteiger charge is 2.22. The first-order valence-electron chi connectivity index (χ1n) is 4.31. The summed E-state index contributed by atoms with van der Waals surface area (Å²) in [6.45, 7) is 1.68. The van der Waals surface area contributed by atoms with Gasteiger partial charge in [-0.25, -0.2) is 22.8 Å². The summed E-state index contributed by atoms with van der Waals surface area (Å²) >= 11 is 5.32. The summed E-state index contributed by atoms with van der Waals surface area (Å²) in [6, 6.07) is 0. The number of aromatic nitrogens is 2. The largest absolute Gasteiger partial charge is 0.238 e. The fraction of sp³-hybridized carbons (Fsp3) is 0.500. The zero-order valence-corrected chi connectivity index (χ0v) is 9.65. The molecule has 7 heteroatoms. The first-order chi connectivity index (χ1) is 7.03. The molecule has 0 saturated heterocycles. The molecule has 0 fully saturated rings. The number of sulfone groups is 1. The third kappa shape index (κ3) is 2.63. The van der Waals surface area contributed by atoms with Crippen LogP contribution in [0.2, 0.25) is 0 Å². The van der Waals surface area contributed by atoms with Gasteiger partial charge in [0.2, 0.25) is 0 Å². The molecule has 0 unspecified atom stereocenters. The van der Waals surface area contributed by atoms with E-state index in [0.717, 1.165) is 6.33 Å². The van der Waals surface area contributed by atoms with Crippen LogP contribution >= 0.6 is 11.6 Å². The molecule has 1 aromatic heterocycles. The van der Waals surface area contributed by atoms with E-state index in [-0.39, 0.29) is 17.3 Å². The molecule has 0 aliphatic rings. The standard InChI is InChI=1S/C8H10ClFN2O2S/c1-2-6-7(10)8(12-5-11-6)15(13,14)4-3-9/h5H,2-4H2,1H3. The summed E-state index contributed by atoms with van der Waals surface area (Å²) in [5, 5.41) is -0.560. The minimum absolute atomic E-state index is 0.0900. The van der Waals surface area contributed by atoms with Gasteiger partial charge in [-0.15, -0.1) is 11.6 Å². The quantitative estimate of drug-likeness (QED) is 0.597. The molecule has 0 amide bonds. The van der Waals surface area contributed by atoms with Gasteiger partial charge in [0.25, 0.3) is 0 Å². The van der Waals surface area contributed by atoms with Crippen molar-refractivity contribution in [1.29, 1.82) is 0 Å². The SMILES string of the molecule is CCc1ncnc(S(=O)(=O)CCCl)c1F. The van der Waals surface area contributed by atoms with Gasteiger partial charge in [0.05, 0.1) is 11.4 Å². The maximum atomic E-state index is 13.5. The van der Waals surface area contributed by atoms with Gasteiger partial charge in [-0.1, -0.05) is 6.92 Å². The molecule has 15 heavy (non-hydrogen) atoms. The van der Waals surface area contributed by atoms with E-state index in [2.05, 4.69) is 9.97 Å². The minimum Gasteiger partial charge on any atom is -0.238 e. The molecule has 1 rings (SSSR count). The van der Waals surface area contributed by atoms with Gasteiger partial charge < -0.3 is 0 Å². The molecular formula is C8H10ClFN2O2S. The number of nitrogens with zero attached hydrogens (tertiary/aromatic N) is 2. The first-order valence-corrected chi connectivity index (χ1v) is 6.49. The van der Waals surface area contributed by atoms with Crippen molar-refractivity contribution in [2.24, 2.45) is 0 Å². The zero-order valence-electron chi connectivity index (χ0n) is 8.07. The van der Waals surface area contributed by atoms with E-state index >= 15 is 0 Å². The molecule has 0 spiro atoms. The van der Waals surface area contributed by atoms with Gasteiger partial charge in [-0.2, -0.15) is 0 Å². The maximum absolute atomic E-state index is 13.5. The summed E-state index contributed by atoms with van der Waals surface area (Å²) in [5.74, 6) is -1.29. The normalized spacial score (nSPS) is 11.7. The van der Waals surface area contributed by atoms with Gasteiger partial charge in [0, 0.05) is 5.88 Å². The Morgan fingerprint density at radius 2 is 2.13 bits per heavy atom. The molecule has 1 heterocycles. The Kier molecular flexibility index (Phi) is 3.98. The lowest BCUT2D eigenvalue weighted by molar-refractivity contribution is 0.536. The van der Waals surface area contributed by atoms with E-state index in [1.165, 1.54) is 0 Å². The van der Waals surface area contributed by atoms with Crippen LogP contribution in [0.4, 0.5) is 4.39 Å². The third-order valence-electron chi connectivity index (χ3n) is 1.81. The Morgan fingerprint density at radius 1 is 1.47 bits per heavy atom. The van der Waals surface area contributed by atoms with E-state index < -0.39 is 20.7 Å². The van der Waals surface area contributed by atoms with E-state index in [0.29, 0.717) is 6.42 Å². The van der Waals surface area contributed by atoms with E-state index in [1.807, 2.05) is 0 Å². The van der Waals surface area contributed by atoms with Crippen LogP contribution in [0.5, 0.6) is 0 Å². The molecule has 0 atom stereocenters. The smallest absolute Gasteiger partial charge is 0.199 e. The zero-order chi connectivity index (χ0) is 11.5. The minimum atomic E-state index is -3.73. The monoisotopic (exact) mass is 252 g/mol. The average Bonchev–Trinajstić information content (AvgIpc) is 2.17. The number of aryl methyl sites for hydroxylation is 1. The fourth-order valence-electron chi connectivity index (χ4n) is 1.05. The van der Waals surface area contributed by atoms with Crippen molar-refractivity contribution in [3.63, 3.8) is 0 Å². The van der Waals surface area contributed by atoms with Gasteiger partial charge in [-0.05, 0) is 6.42 Å². The van der Waals surface area contributed by atoms with Crippen LogP contribution in [0.1, 0.15) is 12.6 Å². The number of hydrogen-bond acceptors (Lipinski definition) is 4. The third-order valence-corrected chi connectivity index (χ3v) is 3.83. The van der Waals surface area contributed by atoms with Crippen molar-refractivity contribution in [1.82, 2.24) is 9.97 Å². The lowest BCUT2D eigenvalue weighted by Crippen LogP contribution is -2.14. The topological polar surface area (TPSA) is 59.9 Å². The predicted octanol–water partition coefficient (Wildman–Crippen LogP) is 1.19. The van der Waals surface area contributed by atoms with Gasteiger partial charge in [-0.3, -0.25) is 0 Å². The highest BCUT2D eigenvalue weighted by molar-refractivity contribution is 7.91. The van der Waals surface area contributed by atoms with Crippen LogP contribution < -0.4 is 0 Å². The van der Waals surface area contributed by atoms with Gasteiger partial charge in [0.1, 0.15) is 6.33 Å². The second kappa shape index (κ2) is 4.85. The lowest BCUT2D eigenvalue weighted by Gasteiger charge is -2.04. The second-order valence-electron chi connectivity index (χ2n) is 2.80. The molecular weight excluding hydrogens is 243 g/mol. The summed E-state index contributed by atoms with van der Waals surface area (Å²) in [4.78, 5) is 7.09. The van der Waals surface area contributed by atoms with Crippen molar-refractivity contribution in [2.75, 3.05) is 11.6 Å². The molecule has 4 nitrogen and oxygen atoms in total. The number of alkyl halides is 1. The van der Waals surface area contributed by atoms with Crippen LogP contribution in [0, 0.1) is 5.82 Å². The molecule has 0 bridgehead atoms. The summed E-state index contributed by atoms with van der Waals surface area (Å²) in [6.07, 6.45) is 1.36. The number of hydrogen-bond donors (Lipinski definition) is 0. The molecule has 0 radical (unpaired) electrons. The average molecular weight is 253 g/mol. The van der Waals surface area contributed by atoms with Gasteiger partial charge in [0.15, 0.2) is 20.7 Å². The van der Waals surface area contributed by atoms with E-state index in [1.54, 1.807) is 6.92 Å². The first kappa shape index (κ1) is 12.3. The predicted molar refractivity (Wildman–Crippen MR) is 54.1 cm³/mol.